The third kappa shape index (κ3) is 6.30. The Morgan fingerprint density at radius 3 is 2.84 bits per heavy atom. The van der Waals surface area contributed by atoms with Crippen LogP contribution < -0.4 is 11.0 Å². The quantitative estimate of drug-likeness (QED) is 0.651. The maximum atomic E-state index is 12.2. The van der Waals surface area contributed by atoms with E-state index in [1.807, 2.05) is 6.92 Å². The molecule has 0 aromatic carbocycles. The Morgan fingerprint density at radius 1 is 1.32 bits per heavy atom. The molecule has 1 aromatic heterocycles. The highest BCUT2D eigenvalue weighted by Crippen LogP contribution is 2.09. The zero-order valence-corrected chi connectivity index (χ0v) is 15.8. The smallest absolute Gasteiger partial charge is 0.345 e. The van der Waals surface area contributed by atoms with Gasteiger partial charge in [-0.2, -0.15) is 5.10 Å². The third-order valence-corrected chi connectivity index (χ3v) is 4.44. The van der Waals surface area contributed by atoms with Crippen molar-refractivity contribution < 1.29 is 9.53 Å². The van der Waals surface area contributed by atoms with Crippen LogP contribution >= 0.6 is 0 Å². The summed E-state index contributed by atoms with van der Waals surface area (Å²) >= 11 is 0. The minimum atomic E-state index is -0.0198. The molecule has 7 nitrogen and oxygen atoms in total. The van der Waals surface area contributed by atoms with E-state index in [2.05, 4.69) is 24.3 Å². The number of aromatic nitrogens is 3. The van der Waals surface area contributed by atoms with Crippen molar-refractivity contribution in [2.24, 2.45) is 5.92 Å². The minimum absolute atomic E-state index is 0.00627. The second-order valence-electron chi connectivity index (χ2n) is 7.30. The predicted octanol–water partition coefficient (Wildman–Crippen LogP) is 1.73. The van der Waals surface area contributed by atoms with Crippen LogP contribution in [-0.4, -0.2) is 39.5 Å². The molecule has 1 aromatic rings. The fourth-order valence-corrected chi connectivity index (χ4v) is 3.22. The number of fused-ring (bicyclic) bond motifs is 1. The summed E-state index contributed by atoms with van der Waals surface area (Å²) in [6.45, 7) is 8.69. The van der Waals surface area contributed by atoms with Crippen LogP contribution in [0.15, 0.2) is 4.79 Å². The average Bonchev–Trinajstić information content (AvgIpc) is 2.87. The van der Waals surface area contributed by atoms with Gasteiger partial charge in [0.1, 0.15) is 5.82 Å². The van der Waals surface area contributed by atoms with Gasteiger partial charge in [-0.3, -0.25) is 9.36 Å². The van der Waals surface area contributed by atoms with E-state index in [1.54, 1.807) is 4.57 Å². The number of carbonyl (C=O) groups excluding carboxylic acids is 1. The first kappa shape index (κ1) is 19.7. The number of carbonyl (C=O) groups is 1. The van der Waals surface area contributed by atoms with Gasteiger partial charge in [0.15, 0.2) is 0 Å². The zero-order chi connectivity index (χ0) is 18.2. The van der Waals surface area contributed by atoms with Crippen molar-refractivity contribution in [3.05, 3.63) is 16.3 Å². The zero-order valence-electron chi connectivity index (χ0n) is 15.8. The van der Waals surface area contributed by atoms with Crippen molar-refractivity contribution in [1.29, 1.82) is 0 Å². The van der Waals surface area contributed by atoms with Crippen LogP contribution in [-0.2, 0) is 29.0 Å². The number of nitrogens with one attached hydrogen (secondary N) is 1. The largest absolute Gasteiger partial charge is 0.378 e. The molecule has 0 saturated carbocycles. The normalized spacial score (nSPS) is 15.2. The average molecular weight is 352 g/mol. The molecule has 1 aliphatic rings. The molecule has 0 aliphatic carbocycles. The van der Waals surface area contributed by atoms with Crippen molar-refractivity contribution in [2.75, 3.05) is 13.2 Å². The standard InChI is InChI=1S/C18H32N4O3/c1-14(2)13-15(3)25-12-8-17(23)19-9-6-11-22-18(24)21-10-5-4-7-16(21)20-22/h14-15H,4-13H2,1-3H3,(H,19,23). The van der Waals surface area contributed by atoms with Crippen molar-refractivity contribution in [1.82, 2.24) is 19.7 Å². The minimum Gasteiger partial charge on any atom is -0.378 e. The summed E-state index contributed by atoms with van der Waals surface area (Å²) < 4.78 is 8.95. The van der Waals surface area contributed by atoms with Crippen LogP contribution in [0.5, 0.6) is 0 Å². The van der Waals surface area contributed by atoms with E-state index in [0.29, 0.717) is 38.5 Å². The third-order valence-electron chi connectivity index (χ3n) is 4.44. The fraction of sp³-hybridized carbons (Fsp3) is 0.833. The van der Waals surface area contributed by atoms with Gasteiger partial charge < -0.3 is 10.1 Å². The Labute approximate surface area is 149 Å². The molecule has 0 fully saturated rings. The van der Waals surface area contributed by atoms with Gasteiger partial charge in [-0.15, -0.1) is 0 Å². The molecule has 0 bridgehead atoms. The van der Waals surface area contributed by atoms with Crippen molar-refractivity contribution in [2.45, 2.75) is 78.5 Å². The molecule has 25 heavy (non-hydrogen) atoms. The number of hydrogen-bond acceptors (Lipinski definition) is 4. The first-order chi connectivity index (χ1) is 12.0. The highest BCUT2D eigenvalue weighted by Gasteiger charge is 2.16. The number of aryl methyl sites for hydroxylation is 2. The lowest BCUT2D eigenvalue weighted by atomic mass is 10.1. The Morgan fingerprint density at radius 2 is 2.12 bits per heavy atom. The summed E-state index contributed by atoms with van der Waals surface area (Å²) in [7, 11) is 0. The van der Waals surface area contributed by atoms with Gasteiger partial charge in [-0.25, -0.2) is 9.48 Å². The van der Waals surface area contributed by atoms with E-state index in [1.165, 1.54) is 4.68 Å². The number of hydrogen-bond donors (Lipinski definition) is 1. The Balaban J connectivity index is 1.60. The van der Waals surface area contributed by atoms with Crippen LogP contribution in [0, 0.1) is 5.92 Å². The Hall–Kier alpha value is -1.63. The second-order valence-corrected chi connectivity index (χ2v) is 7.30. The summed E-state index contributed by atoms with van der Waals surface area (Å²) in [5.74, 6) is 1.49. The van der Waals surface area contributed by atoms with E-state index >= 15 is 0 Å². The molecule has 0 radical (unpaired) electrons. The van der Waals surface area contributed by atoms with Gasteiger partial charge in [-0.1, -0.05) is 13.8 Å². The van der Waals surface area contributed by atoms with Gasteiger partial charge in [0, 0.05) is 32.5 Å². The van der Waals surface area contributed by atoms with Crippen LogP contribution in [0.25, 0.3) is 0 Å². The maximum absolute atomic E-state index is 12.2. The van der Waals surface area contributed by atoms with Gasteiger partial charge in [0.2, 0.25) is 5.91 Å². The van der Waals surface area contributed by atoms with Crippen LogP contribution in [0.3, 0.4) is 0 Å². The second kappa shape index (κ2) is 9.75. The van der Waals surface area contributed by atoms with Crippen LogP contribution in [0.2, 0.25) is 0 Å². The lowest BCUT2D eigenvalue weighted by Gasteiger charge is -2.14. The lowest BCUT2D eigenvalue weighted by molar-refractivity contribution is -0.122. The molecule has 1 unspecified atom stereocenters. The van der Waals surface area contributed by atoms with Crippen molar-refractivity contribution >= 4 is 5.91 Å². The van der Waals surface area contributed by atoms with E-state index in [9.17, 15) is 9.59 Å². The summed E-state index contributed by atoms with van der Waals surface area (Å²) in [5.41, 5.74) is -0.0198. The monoisotopic (exact) mass is 352 g/mol. The van der Waals surface area contributed by atoms with E-state index in [0.717, 1.165) is 38.1 Å². The Bertz CT molecular complexity index is 606. The SMILES string of the molecule is CC(C)CC(C)OCCC(=O)NCCCn1nc2n(c1=O)CCCC2. The summed E-state index contributed by atoms with van der Waals surface area (Å²) in [6.07, 6.45) is 5.30. The number of nitrogens with zero attached hydrogens (tertiary/aromatic N) is 3. The highest BCUT2D eigenvalue weighted by atomic mass is 16.5. The highest BCUT2D eigenvalue weighted by molar-refractivity contribution is 5.75. The lowest BCUT2D eigenvalue weighted by Crippen LogP contribution is -2.30. The molecular weight excluding hydrogens is 320 g/mol. The number of amides is 1. The van der Waals surface area contributed by atoms with Crippen molar-refractivity contribution in [3.8, 4) is 0 Å². The van der Waals surface area contributed by atoms with Gasteiger partial charge in [-0.05, 0) is 38.5 Å². The summed E-state index contributed by atoms with van der Waals surface area (Å²) in [4.78, 5) is 24.0. The molecule has 0 saturated heterocycles. The molecular formula is C18H32N4O3. The number of rotatable bonds is 10. The fourth-order valence-electron chi connectivity index (χ4n) is 3.22. The van der Waals surface area contributed by atoms with Crippen LogP contribution in [0.4, 0.5) is 0 Å². The van der Waals surface area contributed by atoms with E-state index < -0.39 is 0 Å². The summed E-state index contributed by atoms with van der Waals surface area (Å²) in [6, 6.07) is 0. The molecule has 2 rings (SSSR count). The maximum Gasteiger partial charge on any atom is 0.345 e. The molecule has 7 heteroatoms. The predicted molar refractivity (Wildman–Crippen MR) is 96.5 cm³/mol. The molecule has 1 amide bonds. The van der Waals surface area contributed by atoms with Gasteiger partial charge >= 0.3 is 5.69 Å². The molecule has 0 spiro atoms. The van der Waals surface area contributed by atoms with Crippen LogP contribution in [0.1, 0.15) is 58.7 Å². The molecule has 142 valence electrons. The van der Waals surface area contributed by atoms with Crippen molar-refractivity contribution in [3.63, 3.8) is 0 Å². The molecule has 1 N–H and O–H groups in total. The Kier molecular flexibility index (Phi) is 7.68. The first-order valence-corrected chi connectivity index (χ1v) is 9.52. The van der Waals surface area contributed by atoms with Gasteiger partial charge in [0.25, 0.3) is 0 Å². The topological polar surface area (TPSA) is 78.2 Å². The molecule has 2 heterocycles. The molecule has 1 aliphatic heterocycles. The van der Waals surface area contributed by atoms with E-state index in [-0.39, 0.29) is 17.7 Å². The van der Waals surface area contributed by atoms with E-state index in [4.69, 9.17) is 4.74 Å². The summed E-state index contributed by atoms with van der Waals surface area (Å²) in [5, 5.41) is 7.27. The molecule has 1 atom stereocenters. The van der Waals surface area contributed by atoms with Gasteiger partial charge in [0.05, 0.1) is 12.7 Å². The first-order valence-electron chi connectivity index (χ1n) is 9.52. The number of ether oxygens (including phenoxy) is 1.